The van der Waals surface area contributed by atoms with Crippen LogP contribution in [0.5, 0.6) is 0 Å². The maximum Gasteiger partial charge on any atom is 0.250 e. The van der Waals surface area contributed by atoms with Crippen molar-refractivity contribution < 1.29 is 9.59 Å². The summed E-state index contributed by atoms with van der Waals surface area (Å²) in [7, 11) is 0. The minimum atomic E-state index is -0.470. The van der Waals surface area contributed by atoms with Crippen LogP contribution in [0.15, 0.2) is 54.7 Å². The average molecular weight is 264 g/mol. The van der Waals surface area contributed by atoms with Crippen molar-refractivity contribution >= 4 is 23.1 Å². The lowest BCUT2D eigenvalue weighted by atomic mass is 10.1. The number of carbonyl (C=O) groups excluding carboxylic acids is 2. The fraction of sp³-hybridized carbons (Fsp3) is 0. The van der Waals surface area contributed by atoms with Gasteiger partial charge in [0.15, 0.2) is 0 Å². The first-order valence-electron chi connectivity index (χ1n) is 6.16. The summed E-state index contributed by atoms with van der Waals surface area (Å²) in [5.74, 6) is -0.470. The largest absolute Gasteiger partial charge is 0.366 e. The number of para-hydroxylation sites is 1. The predicted octanol–water partition coefficient (Wildman–Crippen LogP) is 2.54. The molecule has 3 aromatic rings. The molecular weight excluding hydrogens is 252 g/mol. The summed E-state index contributed by atoms with van der Waals surface area (Å²) in [5.41, 5.74) is 8.05. The number of nitrogens with zero attached hydrogens (tertiary/aromatic N) is 1. The zero-order chi connectivity index (χ0) is 14.1. The molecule has 20 heavy (non-hydrogen) atoms. The number of fused-ring (bicyclic) bond motifs is 1. The number of aldehydes is 1. The second-order valence-electron chi connectivity index (χ2n) is 4.51. The summed E-state index contributed by atoms with van der Waals surface area (Å²) in [6, 6.07) is 14.5. The van der Waals surface area contributed by atoms with Crippen molar-refractivity contribution in [3.05, 3.63) is 65.9 Å². The lowest BCUT2D eigenvalue weighted by molar-refractivity contribution is 0.100. The molecule has 2 aromatic carbocycles. The maximum absolute atomic E-state index is 11.6. The van der Waals surface area contributed by atoms with E-state index in [-0.39, 0.29) is 0 Å². The van der Waals surface area contributed by atoms with Gasteiger partial charge in [-0.2, -0.15) is 0 Å². The SMILES string of the molecule is NC(=O)c1cccc2ccn(-c3cccc(C=O)c3)c12. The Morgan fingerprint density at radius 1 is 1.10 bits per heavy atom. The number of nitrogens with two attached hydrogens (primary N) is 1. The van der Waals surface area contributed by atoms with Crippen LogP contribution in [0.2, 0.25) is 0 Å². The van der Waals surface area contributed by atoms with Crippen molar-refractivity contribution in [1.29, 1.82) is 0 Å². The molecule has 0 unspecified atom stereocenters. The molecule has 1 amide bonds. The van der Waals surface area contributed by atoms with Crippen LogP contribution in [-0.4, -0.2) is 16.8 Å². The van der Waals surface area contributed by atoms with E-state index in [1.807, 2.05) is 29.0 Å². The number of benzene rings is 2. The molecule has 2 N–H and O–H groups in total. The highest BCUT2D eigenvalue weighted by molar-refractivity contribution is 6.05. The quantitative estimate of drug-likeness (QED) is 0.739. The molecule has 0 atom stereocenters. The van der Waals surface area contributed by atoms with E-state index in [9.17, 15) is 9.59 Å². The molecule has 0 spiro atoms. The van der Waals surface area contributed by atoms with Gasteiger partial charge in [-0.1, -0.05) is 24.3 Å². The van der Waals surface area contributed by atoms with Crippen molar-refractivity contribution in [2.75, 3.05) is 0 Å². The molecule has 0 aliphatic carbocycles. The number of rotatable bonds is 3. The van der Waals surface area contributed by atoms with Gasteiger partial charge in [0.1, 0.15) is 6.29 Å². The van der Waals surface area contributed by atoms with Crippen molar-refractivity contribution in [1.82, 2.24) is 4.57 Å². The van der Waals surface area contributed by atoms with E-state index in [1.165, 1.54) is 0 Å². The van der Waals surface area contributed by atoms with E-state index in [0.29, 0.717) is 11.1 Å². The molecule has 1 heterocycles. The molecular formula is C16H12N2O2. The van der Waals surface area contributed by atoms with Crippen LogP contribution in [0.1, 0.15) is 20.7 Å². The van der Waals surface area contributed by atoms with Crippen molar-refractivity contribution in [2.45, 2.75) is 0 Å². The Labute approximate surface area is 115 Å². The number of hydrogen-bond acceptors (Lipinski definition) is 2. The summed E-state index contributed by atoms with van der Waals surface area (Å²) in [4.78, 5) is 22.5. The molecule has 0 saturated carbocycles. The zero-order valence-electron chi connectivity index (χ0n) is 10.6. The van der Waals surface area contributed by atoms with Crippen LogP contribution in [0, 0.1) is 0 Å². The monoisotopic (exact) mass is 264 g/mol. The summed E-state index contributed by atoms with van der Waals surface area (Å²) < 4.78 is 1.86. The van der Waals surface area contributed by atoms with Gasteiger partial charge in [-0.25, -0.2) is 0 Å². The molecule has 0 fully saturated rings. The third-order valence-electron chi connectivity index (χ3n) is 3.26. The zero-order valence-corrected chi connectivity index (χ0v) is 10.6. The first kappa shape index (κ1) is 12.2. The van der Waals surface area contributed by atoms with E-state index in [4.69, 9.17) is 5.73 Å². The van der Waals surface area contributed by atoms with Gasteiger partial charge in [-0.05, 0) is 24.3 Å². The second kappa shape index (κ2) is 4.66. The first-order chi connectivity index (χ1) is 9.70. The van der Waals surface area contributed by atoms with Crippen LogP contribution in [-0.2, 0) is 0 Å². The lowest BCUT2D eigenvalue weighted by Crippen LogP contribution is -2.12. The van der Waals surface area contributed by atoms with Gasteiger partial charge >= 0.3 is 0 Å². The van der Waals surface area contributed by atoms with Gasteiger partial charge in [0.25, 0.3) is 5.91 Å². The van der Waals surface area contributed by atoms with Crippen molar-refractivity contribution in [3.63, 3.8) is 0 Å². The topological polar surface area (TPSA) is 65.1 Å². The molecule has 0 aliphatic rings. The van der Waals surface area contributed by atoms with Gasteiger partial charge in [-0.3, -0.25) is 9.59 Å². The summed E-state index contributed by atoms with van der Waals surface area (Å²) in [6.45, 7) is 0. The second-order valence-corrected chi connectivity index (χ2v) is 4.51. The number of primary amides is 1. The molecule has 0 aliphatic heterocycles. The molecule has 0 radical (unpaired) electrons. The highest BCUT2D eigenvalue weighted by Gasteiger charge is 2.11. The van der Waals surface area contributed by atoms with Gasteiger partial charge in [0.05, 0.1) is 11.1 Å². The Hall–Kier alpha value is -2.88. The Balaban J connectivity index is 2.31. The molecule has 1 aromatic heterocycles. The predicted molar refractivity (Wildman–Crippen MR) is 77.2 cm³/mol. The van der Waals surface area contributed by atoms with Gasteiger partial charge in [0.2, 0.25) is 0 Å². The van der Waals surface area contributed by atoms with E-state index in [2.05, 4.69) is 0 Å². The molecule has 4 heteroatoms. The number of amides is 1. The highest BCUT2D eigenvalue weighted by Crippen LogP contribution is 2.24. The van der Waals surface area contributed by atoms with Crippen LogP contribution < -0.4 is 5.73 Å². The molecule has 3 rings (SSSR count). The van der Waals surface area contributed by atoms with E-state index >= 15 is 0 Å². The Morgan fingerprint density at radius 2 is 1.90 bits per heavy atom. The fourth-order valence-corrected chi connectivity index (χ4v) is 2.36. The highest BCUT2D eigenvalue weighted by atomic mass is 16.1. The molecule has 98 valence electrons. The van der Waals surface area contributed by atoms with Gasteiger partial charge < -0.3 is 10.3 Å². The molecule has 0 saturated heterocycles. The third-order valence-corrected chi connectivity index (χ3v) is 3.26. The average Bonchev–Trinajstić information content (AvgIpc) is 2.91. The van der Waals surface area contributed by atoms with E-state index in [1.54, 1.807) is 30.3 Å². The standard InChI is InChI=1S/C16H12N2O2/c17-16(20)14-6-2-4-12-7-8-18(15(12)14)13-5-1-3-11(9-13)10-19/h1-10H,(H2,17,20). The Bertz CT molecular complexity index is 818. The minimum absolute atomic E-state index is 0.462. The minimum Gasteiger partial charge on any atom is -0.366 e. The van der Waals surface area contributed by atoms with E-state index < -0.39 is 5.91 Å². The fourth-order valence-electron chi connectivity index (χ4n) is 2.36. The molecule has 0 bridgehead atoms. The maximum atomic E-state index is 11.6. The Kier molecular flexibility index (Phi) is 2.84. The van der Waals surface area contributed by atoms with E-state index in [0.717, 1.165) is 22.9 Å². The summed E-state index contributed by atoms with van der Waals surface area (Å²) in [6.07, 6.45) is 2.66. The lowest BCUT2D eigenvalue weighted by Gasteiger charge is -2.08. The van der Waals surface area contributed by atoms with Crippen LogP contribution >= 0.6 is 0 Å². The third kappa shape index (κ3) is 1.87. The van der Waals surface area contributed by atoms with Gasteiger partial charge in [-0.15, -0.1) is 0 Å². The number of hydrogen-bond donors (Lipinski definition) is 1. The van der Waals surface area contributed by atoms with Crippen molar-refractivity contribution in [3.8, 4) is 5.69 Å². The normalized spacial score (nSPS) is 10.6. The Morgan fingerprint density at radius 3 is 2.65 bits per heavy atom. The first-order valence-corrected chi connectivity index (χ1v) is 6.16. The number of aromatic nitrogens is 1. The molecule has 4 nitrogen and oxygen atoms in total. The summed E-state index contributed by atoms with van der Waals surface area (Å²) in [5, 5.41) is 0.929. The van der Waals surface area contributed by atoms with Crippen LogP contribution in [0.3, 0.4) is 0 Å². The van der Waals surface area contributed by atoms with Crippen LogP contribution in [0.25, 0.3) is 16.6 Å². The smallest absolute Gasteiger partial charge is 0.250 e. The van der Waals surface area contributed by atoms with Crippen LogP contribution in [0.4, 0.5) is 0 Å². The van der Waals surface area contributed by atoms with Gasteiger partial charge in [0, 0.05) is 22.8 Å². The summed E-state index contributed by atoms with van der Waals surface area (Å²) >= 11 is 0. The van der Waals surface area contributed by atoms with Crippen molar-refractivity contribution in [2.24, 2.45) is 5.73 Å². The number of carbonyl (C=O) groups is 2.